The Kier molecular flexibility index (Phi) is 5.06. The molecule has 2 aliphatic rings. The molecule has 3 N–H and O–H groups in total. The second-order valence-electron chi connectivity index (χ2n) is 6.80. The minimum absolute atomic E-state index is 0.243. The fourth-order valence-corrected chi connectivity index (χ4v) is 3.34. The second-order valence-corrected chi connectivity index (χ2v) is 6.80. The van der Waals surface area contributed by atoms with Crippen molar-refractivity contribution < 1.29 is 9.90 Å². The number of rotatable bonds is 4. The highest BCUT2D eigenvalue weighted by atomic mass is 16.3. The zero-order chi connectivity index (χ0) is 16.1. The molecule has 0 atom stereocenters. The number of carbonyl (C=O) groups is 1. The predicted molar refractivity (Wildman–Crippen MR) is 92.9 cm³/mol. The van der Waals surface area contributed by atoms with Gasteiger partial charge in [-0.05, 0) is 44.2 Å². The standard InChI is InChI=1S/C18H27N3O2/c22-17(19-14-18(23)10-7-11-18)20-15-8-3-4-9-16(15)21-12-5-1-2-6-13-21/h3-4,8-9,23H,1-2,5-7,10-14H2,(H2,19,20,22). The zero-order valence-electron chi connectivity index (χ0n) is 13.7. The smallest absolute Gasteiger partial charge is 0.319 e. The van der Waals surface area contributed by atoms with Crippen LogP contribution >= 0.6 is 0 Å². The van der Waals surface area contributed by atoms with Gasteiger partial charge in [0.15, 0.2) is 0 Å². The van der Waals surface area contributed by atoms with Gasteiger partial charge in [-0.1, -0.05) is 25.0 Å². The molecule has 0 bridgehead atoms. The Morgan fingerprint density at radius 2 is 1.78 bits per heavy atom. The molecular formula is C18H27N3O2. The maximum atomic E-state index is 12.2. The van der Waals surface area contributed by atoms with Crippen molar-refractivity contribution in [3.05, 3.63) is 24.3 Å². The van der Waals surface area contributed by atoms with Crippen LogP contribution in [0.25, 0.3) is 0 Å². The summed E-state index contributed by atoms with van der Waals surface area (Å²) in [6.07, 6.45) is 7.56. The number of aliphatic hydroxyl groups is 1. The molecule has 1 aliphatic carbocycles. The molecule has 5 heteroatoms. The number of hydrogen-bond acceptors (Lipinski definition) is 3. The quantitative estimate of drug-likeness (QED) is 0.799. The van der Waals surface area contributed by atoms with Gasteiger partial charge in [-0.2, -0.15) is 0 Å². The van der Waals surface area contributed by atoms with E-state index >= 15 is 0 Å². The number of urea groups is 1. The predicted octanol–water partition coefficient (Wildman–Crippen LogP) is 3.10. The monoisotopic (exact) mass is 317 g/mol. The van der Waals surface area contributed by atoms with E-state index in [1.807, 2.05) is 18.2 Å². The number of anilines is 2. The Morgan fingerprint density at radius 3 is 2.43 bits per heavy atom. The average Bonchev–Trinajstić information content (AvgIpc) is 2.81. The molecule has 1 saturated carbocycles. The lowest BCUT2D eigenvalue weighted by molar-refractivity contribution is -0.0287. The summed E-state index contributed by atoms with van der Waals surface area (Å²) < 4.78 is 0. The minimum Gasteiger partial charge on any atom is -0.388 e. The van der Waals surface area contributed by atoms with Crippen LogP contribution in [-0.2, 0) is 0 Å². The van der Waals surface area contributed by atoms with Crippen molar-refractivity contribution in [3.8, 4) is 0 Å². The second kappa shape index (κ2) is 7.21. The van der Waals surface area contributed by atoms with Crippen molar-refractivity contribution in [3.63, 3.8) is 0 Å². The molecule has 126 valence electrons. The summed E-state index contributed by atoms with van der Waals surface area (Å²) in [6, 6.07) is 7.72. The van der Waals surface area contributed by atoms with Crippen LogP contribution in [0.4, 0.5) is 16.2 Å². The molecule has 0 radical (unpaired) electrons. The van der Waals surface area contributed by atoms with E-state index in [0.717, 1.165) is 43.7 Å². The maximum absolute atomic E-state index is 12.2. The molecule has 1 aliphatic heterocycles. The highest BCUT2D eigenvalue weighted by Crippen LogP contribution is 2.31. The van der Waals surface area contributed by atoms with Crippen LogP contribution in [0.5, 0.6) is 0 Å². The van der Waals surface area contributed by atoms with Gasteiger partial charge in [-0.15, -0.1) is 0 Å². The van der Waals surface area contributed by atoms with Crippen molar-refractivity contribution in [1.29, 1.82) is 0 Å². The number of nitrogens with zero attached hydrogens (tertiary/aromatic N) is 1. The van der Waals surface area contributed by atoms with Crippen molar-refractivity contribution in [2.75, 3.05) is 29.9 Å². The molecule has 5 nitrogen and oxygen atoms in total. The SMILES string of the molecule is O=C(NCC1(O)CCC1)Nc1ccccc1N1CCCCCC1. The lowest BCUT2D eigenvalue weighted by Gasteiger charge is -2.36. The summed E-state index contributed by atoms with van der Waals surface area (Å²) in [5.41, 5.74) is 1.24. The van der Waals surface area contributed by atoms with Crippen LogP contribution in [0.3, 0.4) is 0 Å². The van der Waals surface area contributed by atoms with E-state index in [4.69, 9.17) is 0 Å². The minimum atomic E-state index is -0.693. The average molecular weight is 317 g/mol. The molecule has 0 spiro atoms. The number of benzene rings is 1. The van der Waals surface area contributed by atoms with Gasteiger partial charge < -0.3 is 20.6 Å². The van der Waals surface area contributed by atoms with Crippen molar-refractivity contribution in [2.24, 2.45) is 0 Å². The lowest BCUT2D eigenvalue weighted by Crippen LogP contribution is -2.48. The molecule has 0 aromatic heterocycles. The number of hydrogen-bond donors (Lipinski definition) is 3. The first-order chi connectivity index (χ1) is 11.2. The third-order valence-corrected chi connectivity index (χ3v) is 4.96. The van der Waals surface area contributed by atoms with E-state index in [9.17, 15) is 9.90 Å². The summed E-state index contributed by atoms with van der Waals surface area (Å²) in [4.78, 5) is 14.5. The summed E-state index contributed by atoms with van der Waals surface area (Å²) in [5, 5.41) is 15.8. The zero-order valence-corrected chi connectivity index (χ0v) is 13.7. The van der Waals surface area contributed by atoms with Gasteiger partial charge in [0.2, 0.25) is 0 Å². The van der Waals surface area contributed by atoms with Gasteiger partial charge in [-0.3, -0.25) is 0 Å². The Balaban J connectivity index is 1.61. The van der Waals surface area contributed by atoms with Gasteiger partial charge in [0.05, 0.1) is 17.0 Å². The van der Waals surface area contributed by atoms with Crippen LogP contribution < -0.4 is 15.5 Å². The van der Waals surface area contributed by atoms with Gasteiger partial charge in [0.1, 0.15) is 0 Å². The van der Waals surface area contributed by atoms with Crippen molar-refractivity contribution in [1.82, 2.24) is 5.32 Å². The Morgan fingerprint density at radius 1 is 1.09 bits per heavy atom. The number of carbonyl (C=O) groups excluding carboxylic acids is 1. The number of para-hydroxylation sites is 2. The van der Waals surface area contributed by atoms with E-state index in [1.165, 1.54) is 25.7 Å². The molecule has 2 amide bonds. The topological polar surface area (TPSA) is 64.6 Å². The summed E-state index contributed by atoms with van der Waals surface area (Å²) in [5.74, 6) is 0. The molecule has 1 aromatic carbocycles. The molecule has 23 heavy (non-hydrogen) atoms. The maximum Gasteiger partial charge on any atom is 0.319 e. The molecular weight excluding hydrogens is 290 g/mol. The van der Waals surface area contributed by atoms with E-state index < -0.39 is 5.60 Å². The fraction of sp³-hybridized carbons (Fsp3) is 0.611. The van der Waals surface area contributed by atoms with Crippen LogP contribution in [0, 0.1) is 0 Å². The van der Waals surface area contributed by atoms with Crippen LogP contribution in [0.2, 0.25) is 0 Å². The third-order valence-electron chi connectivity index (χ3n) is 4.96. The van der Waals surface area contributed by atoms with Gasteiger partial charge in [0.25, 0.3) is 0 Å². The Labute approximate surface area is 138 Å². The first kappa shape index (κ1) is 16.1. The molecule has 1 aromatic rings. The first-order valence-electron chi connectivity index (χ1n) is 8.78. The third kappa shape index (κ3) is 4.16. The van der Waals surface area contributed by atoms with E-state index in [2.05, 4.69) is 21.6 Å². The van der Waals surface area contributed by atoms with Gasteiger partial charge in [0, 0.05) is 19.6 Å². The molecule has 2 fully saturated rings. The van der Waals surface area contributed by atoms with Crippen LogP contribution in [0.15, 0.2) is 24.3 Å². The molecule has 1 heterocycles. The Hall–Kier alpha value is -1.75. The number of nitrogens with one attached hydrogen (secondary N) is 2. The van der Waals surface area contributed by atoms with E-state index in [-0.39, 0.29) is 6.03 Å². The summed E-state index contributed by atoms with van der Waals surface area (Å²) in [6.45, 7) is 2.41. The van der Waals surface area contributed by atoms with Gasteiger partial charge >= 0.3 is 6.03 Å². The van der Waals surface area contributed by atoms with E-state index in [1.54, 1.807) is 0 Å². The molecule has 0 unspecified atom stereocenters. The van der Waals surface area contributed by atoms with Crippen molar-refractivity contribution >= 4 is 17.4 Å². The lowest BCUT2D eigenvalue weighted by atomic mass is 9.80. The fourth-order valence-electron chi connectivity index (χ4n) is 3.34. The van der Waals surface area contributed by atoms with E-state index in [0.29, 0.717) is 6.54 Å². The molecule has 3 rings (SSSR count). The summed E-state index contributed by atoms with van der Waals surface area (Å²) in [7, 11) is 0. The summed E-state index contributed by atoms with van der Waals surface area (Å²) >= 11 is 0. The Bertz CT molecular complexity index is 535. The molecule has 1 saturated heterocycles. The highest BCUT2D eigenvalue weighted by molar-refractivity contribution is 5.93. The first-order valence-corrected chi connectivity index (χ1v) is 8.78. The van der Waals surface area contributed by atoms with Crippen molar-refractivity contribution in [2.45, 2.75) is 50.5 Å². The largest absolute Gasteiger partial charge is 0.388 e. The number of amides is 2. The van der Waals surface area contributed by atoms with Crippen LogP contribution in [0.1, 0.15) is 44.9 Å². The van der Waals surface area contributed by atoms with Crippen LogP contribution in [-0.4, -0.2) is 36.4 Å². The van der Waals surface area contributed by atoms with Gasteiger partial charge in [-0.25, -0.2) is 4.79 Å². The normalized spacial score (nSPS) is 20.3. The highest BCUT2D eigenvalue weighted by Gasteiger charge is 2.34.